The number of β-lactam (4-membered cyclic amide) rings is 1. The van der Waals surface area contributed by atoms with Crippen molar-refractivity contribution in [3.8, 4) is 5.75 Å². The summed E-state index contributed by atoms with van der Waals surface area (Å²) in [5.74, 6) is -1.30. The third-order valence-corrected chi connectivity index (χ3v) is 11.0. The number of esters is 1. The number of hydrogen-bond acceptors (Lipinski definition) is 12. The second-order valence-corrected chi connectivity index (χ2v) is 12.6. The Kier molecular flexibility index (Phi) is 11.2. The van der Waals surface area contributed by atoms with Crippen LogP contribution in [0.15, 0.2) is 40.3 Å². The number of hydrogen-bond donors (Lipinski definition) is 2. The van der Waals surface area contributed by atoms with Gasteiger partial charge in [-0.25, -0.2) is 9.78 Å². The largest absolute Gasteiger partial charge is 0.497 e. The second-order valence-electron chi connectivity index (χ2n) is 9.03. The number of rotatable bonds is 13. The molecule has 0 aliphatic carbocycles. The predicted molar refractivity (Wildman–Crippen MR) is 162 cm³/mol. The summed E-state index contributed by atoms with van der Waals surface area (Å²) in [7, 11) is 1.56. The molecule has 1 aromatic heterocycles. The Morgan fingerprint density at radius 2 is 2.07 bits per heavy atom. The summed E-state index contributed by atoms with van der Waals surface area (Å²) in [5.41, 5.74) is 2.68. The van der Waals surface area contributed by atoms with Gasteiger partial charge in [-0.15, -0.1) is 46.3 Å². The van der Waals surface area contributed by atoms with E-state index in [4.69, 9.17) is 37.5 Å². The van der Waals surface area contributed by atoms with Crippen molar-refractivity contribution in [2.24, 2.45) is 5.16 Å². The molecule has 3 unspecified atom stereocenters. The van der Waals surface area contributed by atoms with Crippen molar-refractivity contribution in [1.82, 2.24) is 20.5 Å². The van der Waals surface area contributed by atoms with Crippen LogP contribution in [0.4, 0.5) is 0 Å². The lowest BCUT2D eigenvalue weighted by Crippen LogP contribution is -2.79. The molecular formula is C25H27Cl2N5O7S3. The number of benzene rings is 1. The van der Waals surface area contributed by atoms with E-state index < -0.39 is 52.1 Å². The van der Waals surface area contributed by atoms with Crippen molar-refractivity contribution in [1.29, 1.82) is 0 Å². The van der Waals surface area contributed by atoms with Gasteiger partial charge in [-0.05, 0) is 24.0 Å². The van der Waals surface area contributed by atoms with Crippen molar-refractivity contribution in [2.75, 3.05) is 30.9 Å². The van der Waals surface area contributed by atoms with Crippen LogP contribution in [0.3, 0.4) is 0 Å². The van der Waals surface area contributed by atoms with Crippen LogP contribution in [0.1, 0.15) is 17.5 Å². The first-order chi connectivity index (χ1) is 20.3. The molecule has 17 heteroatoms. The molecule has 5 atom stereocenters. The molecule has 3 amide bonds. The number of fused-ring (bicyclic) bond motifs is 1. The normalized spacial score (nSPS) is 23.9. The molecule has 2 aliphatic rings. The molecule has 0 spiro atoms. The van der Waals surface area contributed by atoms with Gasteiger partial charge >= 0.3 is 5.97 Å². The number of nitrogens with one attached hydrogen (secondary N) is 2. The number of alkyl halides is 2. The highest BCUT2D eigenvalue weighted by Crippen LogP contribution is 2.48. The highest BCUT2D eigenvalue weighted by Gasteiger charge is 2.63. The highest BCUT2D eigenvalue weighted by atomic mass is 35.5. The number of ether oxygens (including phenoxy) is 2. The van der Waals surface area contributed by atoms with Gasteiger partial charge in [-0.1, -0.05) is 17.3 Å². The third-order valence-electron chi connectivity index (χ3n) is 6.52. The van der Waals surface area contributed by atoms with Gasteiger partial charge < -0.3 is 29.8 Å². The number of halogens is 2. The van der Waals surface area contributed by atoms with E-state index in [-0.39, 0.29) is 18.4 Å². The smallest absolute Gasteiger partial charge is 0.330 e. The molecule has 0 radical (unpaired) electrons. The van der Waals surface area contributed by atoms with E-state index in [9.17, 15) is 19.2 Å². The molecule has 2 N–H and O–H groups in total. The zero-order chi connectivity index (χ0) is 30.3. The number of nitrogens with zero attached hydrogens (tertiary/aromatic N) is 3. The lowest BCUT2D eigenvalue weighted by atomic mass is 9.93. The van der Waals surface area contributed by atoms with Crippen molar-refractivity contribution in [3.63, 3.8) is 0 Å². The quantitative estimate of drug-likeness (QED) is 0.0809. The van der Waals surface area contributed by atoms with E-state index in [1.54, 1.807) is 42.3 Å². The SMILES string of the molecule is COc1ccc(COC(=O)C2N3C(=O)[C@@H](NC(=O)C=NOC(NC(=O)CCl)c4cscn4)[C@@H]3SCC2(CCl)SC)cc1. The van der Waals surface area contributed by atoms with Gasteiger partial charge in [0.1, 0.15) is 47.6 Å². The average Bonchev–Trinajstić information content (AvgIpc) is 3.56. The van der Waals surface area contributed by atoms with Crippen molar-refractivity contribution in [3.05, 3.63) is 46.4 Å². The third kappa shape index (κ3) is 7.08. The molecule has 4 rings (SSSR count). The lowest BCUT2D eigenvalue weighted by molar-refractivity contribution is -0.167. The van der Waals surface area contributed by atoms with Crippen LogP contribution in [-0.2, 0) is 35.4 Å². The molecule has 12 nitrogen and oxygen atoms in total. The van der Waals surface area contributed by atoms with Gasteiger partial charge in [0, 0.05) is 17.0 Å². The van der Waals surface area contributed by atoms with Crippen LogP contribution in [-0.4, -0.2) is 92.9 Å². The van der Waals surface area contributed by atoms with Crippen LogP contribution in [0.2, 0.25) is 0 Å². The van der Waals surface area contributed by atoms with E-state index in [1.165, 1.54) is 39.8 Å². The number of aromatic nitrogens is 1. The minimum absolute atomic E-state index is 0.00971. The summed E-state index contributed by atoms with van der Waals surface area (Å²) in [6.45, 7) is 0.00971. The Morgan fingerprint density at radius 1 is 1.31 bits per heavy atom. The van der Waals surface area contributed by atoms with Gasteiger partial charge in [0.05, 0.1) is 17.4 Å². The molecule has 2 fully saturated rings. The fourth-order valence-electron chi connectivity index (χ4n) is 4.27. The first-order valence-corrected chi connectivity index (χ1v) is 16.6. The van der Waals surface area contributed by atoms with E-state index in [0.29, 0.717) is 17.2 Å². The minimum Gasteiger partial charge on any atom is -0.497 e. The number of thiazole rings is 1. The Morgan fingerprint density at radius 3 is 2.69 bits per heavy atom. The molecule has 1 aromatic carbocycles. The predicted octanol–water partition coefficient (Wildman–Crippen LogP) is 2.36. The minimum atomic E-state index is -1.05. The Hall–Kier alpha value is -2.72. The van der Waals surface area contributed by atoms with Crippen LogP contribution in [0.5, 0.6) is 5.75 Å². The first-order valence-electron chi connectivity index (χ1n) is 12.3. The number of carbonyl (C=O) groups excluding carboxylic acids is 4. The fraction of sp³-hybridized carbons (Fsp3) is 0.440. The summed E-state index contributed by atoms with van der Waals surface area (Å²) in [6, 6.07) is 5.24. The zero-order valence-electron chi connectivity index (χ0n) is 22.4. The maximum atomic E-state index is 13.4. The van der Waals surface area contributed by atoms with E-state index in [1.807, 2.05) is 6.26 Å². The van der Waals surface area contributed by atoms with E-state index in [0.717, 1.165) is 11.8 Å². The number of methoxy groups -OCH3 is 1. The maximum Gasteiger partial charge on any atom is 0.330 e. The summed E-state index contributed by atoms with van der Waals surface area (Å²) in [6.07, 6.45) is 1.63. The molecule has 226 valence electrons. The van der Waals surface area contributed by atoms with Crippen LogP contribution in [0, 0.1) is 0 Å². The molecule has 3 heterocycles. The standard InChI is InChI=1S/C25H27Cl2N5O7S3/c1-37-15-5-3-14(4-6-15)9-38-24(36)20-25(11-27,40-2)12-42-23-19(22(35)32(20)23)30-18(34)8-29-39-21(31-17(33)7-26)16-10-41-13-28-16/h3-6,8,10,13,19-21,23H,7,9,11-12H2,1-2H3,(H,30,34)(H,31,33)/t19-,20?,21?,23+,25?/m1/s1. The summed E-state index contributed by atoms with van der Waals surface area (Å²) in [4.78, 5) is 61.8. The highest BCUT2D eigenvalue weighted by molar-refractivity contribution is 8.04. The lowest BCUT2D eigenvalue weighted by Gasteiger charge is -2.57. The Bertz CT molecular complexity index is 1300. The van der Waals surface area contributed by atoms with Gasteiger partial charge in [0.15, 0.2) is 0 Å². The Balaban J connectivity index is 1.39. The number of oxime groups is 1. The van der Waals surface area contributed by atoms with Crippen LogP contribution >= 0.6 is 58.1 Å². The fourth-order valence-corrected chi connectivity index (χ4v) is 8.29. The number of carbonyl (C=O) groups is 4. The van der Waals surface area contributed by atoms with Crippen molar-refractivity contribution < 1.29 is 33.5 Å². The molecule has 2 aromatic rings. The van der Waals surface area contributed by atoms with Gasteiger partial charge in [-0.2, -0.15) is 11.8 Å². The van der Waals surface area contributed by atoms with Gasteiger partial charge in [-0.3, -0.25) is 14.4 Å². The average molecular weight is 677 g/mol. The summed E-state index contributed by atoms with van der Waals surface area (Å²) < 4.78 is 10.0. The molecule has 0 saturated carbocycles. The first kappa shape index (κ1) is 32.2. The van der Waals surface area contributed by atoms with Crippen molar-refractivity contribution in [2.45, 2.75) is 35.0 Å². The Labute approximate surface area is 264 Å². The maximum absolute atomic E-state index is 13.4. The second kappa shape index (κ2) is 14.6. The van der Waals surface area contributed by atoms with Gasteiger partial charge in [0.2, 0.25) is 18.0 Å². The van der Waals surface area contributed by atoms with Crippen LogP contribution in [0.25, 0.3) is 0 Å². The topological polar surface area (TPSA) is 149 Å². The zero-order valence-corrected chi connectivity index (χ0v) is 26.3. The molecule has 0 bridgehead atoms. The number of thioether (sulfide) groups is 2. The summed E-state index contributed by atoms with van der Waals surface area (Å²) in [5, 5.41) is 9.88. The molecule has 2 saturated heterocycles. The van der Waals surface area contributed by atoms with E-state index in [2.05, 4.69) is 20.8 Å². The number of amides is 3. The molecule has 42 heavy (non-hydrogen) atoms. The van der Waals surface area contributed by atoms with Crippen LogP contribution < -0.4 is 15.4 Å². The monoisotopic (exact) mass is 675 g/mol. The van der Waals surface area contributed by atoms with Gasteiger partial charge in [0.25, 0.3) is 5.91 Å². The van der Waals surface area contributed by atoms with E-state index >= 15 is 0 Å². The van der Waals surface area contributed by atoms with Crippen molar-refractivity contribution >= 4 is 88.0 Å². The molecule has 2 aliphatic heterocycles. The molecular weight excluding hydrogens is 649 g/mol. The summed E-state index contributed by atoms with van der Waals surface area (Å²) >= 11 is 16.0.